The lowest BCUT2D eigenvalue weighted by molar-refractivity contribution is 0.685. The van der Waals surface area contributed by atoms with Crippen LogP contribution in [0.2, 0.25) is 0 Å². The highest BCUT2D eigenvalue weighted by Gasteiger charge is 2.14. The lowest BCUT2D eigenvalue weighted by Gasteiger charge is -2.24. The minimum atomic E-state index is 0.464. The van der Waals surface area contributed by atoms with Crippen LogP contribution in [0.3, 0.4) is 0 Å². The van der Waals surface area contributed by atoms with E-state index in [1.165, 1.54) is 24.3 Å². The molecule has 1 aliphatic heterocycles. The van der Waals surface area contributed by atoms with Crippen LogP contribution < -0.4 is 11.1 Å². The number of nitrogens with one attached hydrogen (secondary N) is 1. The molecule has 2 nitrogen and oxygen atoms in total. The second kappa shape index (κ2) is 5.55. The molecule has 0 radical (unpaired) electrons. The van der Waals surface area contributed by atoms with Crippen LogP contribution in [0.5, 0.6) is 0 Å². The zero-order chi connectivity index (χ0) is 11.4. The van der Waals surface area contributed by atoms with E-state index in [0.29, 0.717) is 11.0 Å². The zero-order valence-electron chi connectivity index (χ0n) is 9.11. The minimum Gasteiger partial charge on any atom is -0.389 e. The fourth-order valence-electron chi connectivity index (χ4n) is 1.90. The van der Waals surface area contributed by atoms with E-state index in [1.54, 1.807) is 0 Å². The van der Waals surface area contributed by atoms with E-state index >= 15 is 0 Å². The zero-order valence-corrected chi connectivity index (χ0v) is 10.7. The molecule has 0 spiro atoms. The van der Waals surface area contributed by atoms with Crippen molar-refractivity contribution in [3.63, 3.8) is 0 Å². The van der Waals surface area contributed by atoms with Crippen LogP contribution in [0.25, 0.3) is 0 Å². The van der Waals surface area contributed by atoms with Crippen LogP contribution in [0, 0.1) is 0 Å². The number of hydrogen-bond acceptors (Lipinski definition) is 3. The van der Waals surface area contributed by atoms with Gasteiger partial charge in [-0.15, -0.1) is 0 Å². The van der Waals surface area contributed by atoms with Gasteiger partial charge < -0.3 is 11.1 Å². The Kier molecular flexibility index (Phi) is 4.07. The SMILES string of the molecule is NC(=S)c1ccccc1NC1CCCSC1. The molecular weight excluding hydrogens is 236 g/mol. The first-order chi connectivity index (χ1) is 7.77. The second-order valence-corrected chi connectivity index (χ2v) is 5.56. The summed E-state index contributed by atoms with van der Waals surface area (Å²) in [4.78, 5) is 0.464. The van der Waals surface area contributed by atoms with E-state index in [-0.39, 0.29) is 0 Å². The molecule has 1 saturated heterocycles. The molecule has 1 fully saturated rings. The van der Waals surface area contributed by atoms with E-state index in [2.05, 4.69) is 5.32 Å². The number of nitrogens with two attached hydrogens (primary N) is 1. The van der Waals surface area contributed by atoms with Crippen molar-refractivity contribution in [2.45, 2.75) is 18.9 Å². The molecule has 1 unspecified atom stereocenters. The number of rotatable bonds is 3. The van der Waals surface area contributed by atoms with Crippen LogP contribution >= 0.6 is 24.0 Å². The Morgan fingerprint density at radius 1 is 1.44 bits per heavy atom. The van der Waals surface area contributed by atoms with E-state index in [4.69, 9.17) is 18.0 Å². The fourth-order valence-corrected chi connectivity index (χ4v) is 3.15. The van der Waals surface area contributed by atoms with Gasteiger partial charge in [0, 0.05) is 23.0 Å². The number of thiocarbonyl (C=S) groups is 1. The quantitative estimate of drug-likeness (QED) is 0.811. The highest BCUT2D eigenvalue weighted by atomic mass is 32.2. The van der Waals surface area contributed by atoms with Crippen molar-refractivity contribution in [3.05, 3.63) is 29.8 Å². The van der Waals surface area contributed by atoms with Crippen molar-refractivity contribution in [2.24, 2.45) is 5.73 Å². The third kappa shape index (κ3) is 2.89. The summed E-state index contributed by atoms with van der Waals surface area (Å²) in [6.07, 6.45) is 2.52. The van der Waals surface area contributed by atoms with E-state index < -0.39 is 0 Å². The Balaban J connectivity index is 2.10. The van der Waals surface area contributed by atoms with Crippen LogP contribution in [-0.4, -0.2) is 22.5 Å². The van der Waals surface area contributed by atoms with Crippen molar-refractivity contribution < 1.29 is 0 Å². The minimum absolute atomic E-state index is 0.464. The van der Waals surface area contributed by atoms with Gasteiger partial charge in [0.2, 0.25) is 0 Å². The van der Waals surface area contributed by atoms with Crippen LogP contribution in [-0.2, 0) is 0 Å². The molecule has 0 aromatic heterocycles. The van der Waals surface area contributed by atoms with Gasteiger partial charge in [0.25, 0.3) is 0 Å². The van der Waals surface area contributed by atoms with Gasteiger partial charge >= 0.3 is 0 Å². The molecule has 2 rings (SSSR count). The Hall–Kier alpha value is -0.740. The largest absolute Gasteiger partial charge is 0.389 e. The van der Waals surface area contributed by atoms with Crippen molar-refractivity contribution in [2.75, 3.05) is 16.8 Å². The van der Waals surface area contributed by atoms with Gasteiger partial charge in [-0.1, -0.05) is 24.4 Å². The van der Waals surface area contributed by atoms with Gasteiger partial charge in [0.05, 0.1) is 0 Å². The summed E-state index contributed by atoms with van der Waals surface area (Å²) in [5.74, 6) is 2.46. The predicted octanol–water partition coefficient (Wildman–Crippen LogP) is 2.63. The van der Waals surface area contributed by atoms with E-state index in [1.807, 2.05) is 36.0 Å². The van der Waals surface area contributed by atoms with Crippen LogP contribution in [0.15, 0.2) is 24.3 Å². The molecule has 0 amide bonds. The van der Waals surface area contributed by atoms with Gasteiger partial charge in [-0.05, 0) is 30.7 Å². The molecule has 1 aromatic rings. The summed E-state index contributed by atoms with van der Waals surface area (Å²) in [5.41, 5.74) is 7.73. The first-order valence-corrected chi connectivity index (χ1v) is 7.07. The lowest BCUT2D eigenvalue weighted by atomic mass is 10.1. The maximum Gasteiger partial charge on any atom is 0.106 e. The Morgan fingerprint density at radius 2 is 2.25 bits per heavy atom. The van der Waals surface area contributed by atoms with Gasteiger partial charge in [0.15, 0.2) is 0 Å². The maximum absolute atomic E-state index is 5.71. The Bertz CT molecular complexity index is 373. The molecule has 0 aliphatic carbocycles. The molecule has 86 valence electrons. The summed E-state index contributed by atoms with van der Waals surface area (Å²) in [6, 6.07) is 8.55. The van der Waals surface area contributed by atoms with Crippen molar-refractivity contribution >= 4 is 34.7 Å². The number of anilines is 1. The molecule has 1 aliphatic rings. The van der Waals surface area contributed by atoms with Gasteiger partial charge in [-0.3, -0.25) is 0 Å². The van der Waals surface area contributed by atoms with Crippen molar-refractivity contribution in [3.8, 4) is 0 Å². The normalized spacial score (nSPS) is 20.4. The maximum atomic E-state index is 5.71. The summed E-state index contributed by atoms with van der Waals surface area (Å²) >= 11 is 7.06. The average molecular weight is 252 g/mol. The van der Waals surface area contributed by atoms with Crippen LogP contribution in [0.4, 0.5) is 5.69 Å². The third-order valence-corrected chi connectivity index (χ3v) is 4.15. The summed E-state index contributed by atoms with van der Waals surface area (Å²) < 4.78 is 0. The molecule has 3 N–H and O–H groups in total. The van der Waals surface area contributed by atoms with Gasteiger partial charge in [-0.2, -0.15) is 11.8 Å². The highest BCUT2D eigenvalue weighted by Crippen LogP contribution is 2.22. The molecule has 4 heteroatoms. The summed E-state index contributed by atoms with van der Waals surface area (Å²) in [7, 11) is 0. The van der Waals surface area contributed by atoms with Crippen molar-refractivity contribution in [1.82, 2.24) is 0 Å². The predicted molar refractivity (Wildman–Crippen MR) is 76.3 cm³/mol. The van der Waals surface area contributed by atoms with Gasteiger partial charge in [0.1, 0.15) is 4.99 Å². The fraction of sp³-hybridized carbons (Fsp3) is 0.417. The topological polar surface area (TPSA) is 38.0 Å². The number of hydrogen-bond donors (Lipinski definition) is 2. The molecular formula is C12H16N2S2. The first kappa shape index (κ1) is 11.7. The first-order valence-electron chi connectivity index (χ1n) is 5.50. The molecule has 1 aromatic carbocycles. The average Bonchev–Trinajstić information content (AvgIpc) is 2.31. The monoisotopic (exact) mass is 252 g/mol. The highest BCUT2D eigenvalue weighted by molar-refractivity contribution is 7.99. The summed E-state index contributed by atoms with van der Waals surface area (Å²) in [6.45, 7) is 0. The molecule has 0 saturated carbocycles. The van der Waals surface area contributed by atoms with E-state index in [9.17, 15) is 0 Å². The van der Waals surface area contributed by atoms with E-state index in [0.717, 1.165) is 11.3 Å². The smallest absolute Gasteiger partial charge is 0.106 e. The molecule has 16 heavy (non-hydrogen) atoms. The number of para-hydroxylation sites is 1. The third-order valence-electron chi connectivity index (χ3n) is 2.71. The second-order valence-electron chi connectivity index (χ2n) is 3.97. The molecule has 1 atom stereocenters. The Labute approximate surface area is 106 Å². The number of benzene rings is 1. The standard InChI is InChI=1S/C12H16N2S2/c13-12(15)10-5-1-2-6-11(10)14-9-4-3-7-16-8-9/h1-2,5-6,9,14H,3-4,7-8H2,(H2,13,15). The number of thioether (sulfide) groups is 1. The molecule has 0 bridgehead atoms. The van der Waals surface area contributed by atoms with Gasteiger partial charge in [-0.25, -0.2) is 0 Å². The summed E-state index contributed by atoms with van der Waals surface area (Å²) in [5, 5.41) is 3.54. The van der Waals surface area contributed by atoms with Crippen molar-refractivity contribution in [1.29, 1.82) is 0 Å². The lowest BCUT2D eigenvalue weighted by Crippen LogP contribution is -2.27. The molecule has 1 heterocycles. The van der Waals surface area contributed by atoms with Crippen LogP contribution in [0.1, 0.15) is 18.4 Å². The Morgan fingerprint density at radius 3 is 2.94 bits per heavy atom.